The SMILES string of the molecule is C=C1C(=O)O[C@@H]2/C=C(/C)CC[C@H]3O[C@]3(COC(C)=O)C[C@@H](OC(=O)[C@@]3(C)O[C@H]3C)[C@@H]12. The van der Waals surface area contributed by atoms with Crippen LogP contribution in [0.3, 0.4) is 0 Å². The summed E-state index contributed by atoms with van der Waals surface area (Å²) in [6, 6.07) is 0. The van der Waals surface area contributed by atoms with Gasteiger partial charge >= 0.3 is 17.9 Å². The standard InChI is InChI=1S/C22H28O8/c1-11-6-7-17-22(30-17,10-26-14(4)23)9-16(28-20(25)21(5)13(3)29-21)18-12(2)19(24)27-15(18)8-11/h8,13,15-18H,2,6-7,9-10H2,1,3-5H3/b11-8-/t13-,15+,16+,17+,18-,21-,22-/m0/s1. The maximum atomic E-state index is 12.8. The maximum Gasteiger partial charge on any atom is 0.341 e. The van der Waals surface area contributed by atoms with Gasteiger partial charge in [0.1, 0.15) is 24.4 Å². The summed E-state index contributed by atoms with van der Waals surface area (Å²) in [6.45, 7) is 10.7. The van der Waals surface area contributed by atoms with Gasteiger partial charge in [0.25, 0.3) is 0 Å². The lowest BCUT2D eigenvalue weighted by Gasteiger charge is -2.29. The average molecular weight is 420 g/mol. The van der Waals surface area contributed by atoms with E-state index in [2.05, 4.69) is 6.58 Å². The van der Waals surface area contributed by atoms with E-state index in [-0.39, 0.29) is 30.8 Å². The highest BCUT2D eigenvalue weighted by molar-refractivity contribution is 5.91. The fourth-order valence-electron chi connectivity index (χ4n) is 4.45. The summed E-state index contributed by atoms with van der Waals surface area (Å²) in [6.07, 6.45) is 1.98. The van der Waals surface area contributed by atoms with E-state index in [4.69, 9.17) is 23.7 Å². The second kappa shape index (κ2) is 7.20. The largest absolute Gasteiger partial charge is 0.463 e. The van der Waals surface area contributed by atoms with Crippen molar-refractivity contribution in [1.29, 1.82) is 0 Å². The van der Waals surface area contributed by atoms with Crippen LogP contribution in [0.2, 0.25) is 0 Å². The number of rotatable bonds is 4. The van der Waals surface area contributed by atoms with Crippen molar-refractivity contribution in [2.75, 3.05) is 6.61 Å². The van der Waals surface area contributed by atoms with Gasteiger partial charge in [0.05, 0.1) is 18.1 Å². The van der Waals surface area contributed by atoms with Gasteiger partial charge in [-0.05, 0) is 39.7 Å². The molecule has 0 bridgehead atoms. The first-order chi connectivity index (χ1) is 14.1. The molecule has 8 heteroatoms. The van der Waals surface area contributed by atoms with E-state index in [1.807, 2.05) is 13.0 Å². The third-order valence-corrected chi connectivity index (χ3v) is 6.69. The molecule has 0 saturated carbocycles. The number of epoxide rings is 2. The van der Waals surface area contributed by atoms with Crippen LogP contribution in [0.15, 0.2) is 23.8 Å². The third-order valence-electron chi connectivity index (χ3n) is 6.69. The van der Waals surface area contributed by atoms with Gasteiger partial charge < -0.3 is 23.7 Å². The number of fused-ring (bicyclic) bond motifs is 2. The van der Waals surface area contributed by atoms with E-state index in [9.17, 15) is 14.4 Å². The number of hydrogen-bond donors (Lipinski definition) is 0. The molecule has 0 unspecified atom stereocenters. The normalized spacial score (nSPS) is 44.0. The van der Waals surface area contributed by atoms with Crippen LogP contribution in [0.25, 0.3) is 0 Å². The summed E-state index contributed by atoms with van der Waals surface area (Å²) in [5.74, 6) is -1.96. The van der Waals surface area contributed by atoms with Gasteiger partial charge in [-0.1, -0.05) is 12.2 Å². The van der Waals surface area contributed by atoms with E-state index in [0.717, 1.165) is 18.4 Å². The summed E-state index contributed by atoms with van der Waals surface area (Å²) in [7, 11) is 0. The summed E-state index contributed by atoms with van der Waals surface area (Å²) in [5.41, 5.74) is -0.463. The van der Waals surface area contributed by atoms with Crippen molar-refractivity contribution in [3.05, 3.63) is 23.8 Å². The molecular weight excluding hydrogens is 392 g/mol. The fraction of sp³-hybridized carbons (Fsp3) is 0.682. The van der Waals surface area contributed by atoms with Crippen LogP contribution in [-0.4, -0.2) is 60.1 Å². The lowest BCUT2D eigenvalue weighted by molar-refractivity contribution is -0.160. The monoisotopic (exact) mass is 420 g/mol. The Morgan fingerprint density at radius 2 is 2.03 bits per heavy atom. The molecule has 0 N–H and O–H groups in total. The van der Waals surface area contributed by atoms with Crippen LogP contribution in [-0.2, 0) is 38.1 Å². The van der Waals surface area contributed by atoms with Gasteiger partial charge in [-0.25, -0.2) is 9.59 Å². The molecule has 3 fully saturated rings. The zero-order valence-electron chi connectivity index (χ0n) is 17.8. The van der Waals surface area contributed by atoms with Gasteiger partial charge in [-0.15, -0.1) is 0 Å². The predicted molar refractivity (Wildman–Crippen MR) is 103 cm³/mol. The molecule has 4 rings (SSSR count). The molecule has 4 aliphatic rings. The van der Waals surface area contributed by atoms with Crippen molar-refractivity contribution < 1.29 is 38.1 Å². The molecule has 3 aliphatic heterocycles. The summed E-state index contributed by atoms with van der Waals surface area (Å²) in [5, 5.41) is 0. The summed E-state index contributed by atoms with van der Waals surface area (Å²) >= 11 is 0. The second-order valence-corrected chi connectivity index (χ2v) is 8.94. The first-order valence-electron chi connectivity index (χ1n) is 10.3. The highest BCUT2D eigenvalue weighted by atomic mass is 16.7. The highest BCUT2D eigenvalue weighted by Gasteiger charge is 2.62. The number of hydrogen-bond acceptors (Lipinski definition) is 8. The molecule has 0 aromatic carbocycles. The molecule has 3 saturated heterocycles. The van der Waals surface area contributed by atoms with Crippen molar-refractivity contribution in [3.63, 3.8) is 0 Å². The quantitative estimate of drug-likeness (QED) is 0.224. The van der Waals surface area contributed by atoms with Crippen molar-refractivity contribution in [2.45, 2.75) is 82.6 Å². The Bertz CT molecular complexity index is 831. The van der Waals surface area contributed by atoms with Crippen molar-refractivity contribution >= 4 is 17.9 Å². The fourth-order valence-corrected chi connectivity index (χ4v) is 4.45. The van der Waals surface area contributed by atoms with Crippen LogP contribution in [0.5, 0.6) is 0 Å². The lowest BCUT2D eigenvalue weighted by Crippen LogP contribution is -2.42. The maximum absolute atomic E-state index is 12.8. The van der Waals surface area contributed by atoms with Crippen LogP contribution in [0.1, 0.15) is 47.0 Å². The van der Waals surface area contributed by atoms with Gasteiger partial charge in [-0.3, -0.25) is 4.79 Å². The Morgan fingerprint density at radius 1 is 1.33 bits per heavy atom. The first kappa shape index (κ1) is 21.1. The van der Waals surface area contributed by atoms with Crippen LogP contribution < -0.4 is 0 Å². The molecule has 30 heavy (non-hydrogen) atoms. The minimum Gasteiger partial charge on any atom is -0.463 e. The molecule has 0 amide bonds. The minimum absolute atomic E-state index is 0.0622. The average Bonchev–Trinajstić information content (AvgIpc) is 3.50. The molecule has 0 spiro atoms. The Labute approximate surface area is 175 Å². The highest BCUT2D eigenvalue weighted by Crippen LogP contribution is 2.49. The molecule has 0 aromatic rings. The Hall–Kier alpha value is -2.19. The molecular formula is C22H28O8. The number of carbonyl (C=O) groups is 3. The third kappa shape index (κ3) is 3.67. The Balaban J connectivity index is 1.66. The zero-order valence-corrected chi connectivity index (χ0v) is 17.8. The minimum atomic E-state index is -1.01. The Morgan fingerprint density at radius 3 is 2.67 bits per heavy atom. The van der Waals surface area contributed by atoms with Crippen molar-refractivity contribution in [2.24, 2.45) is 5.92 Å². The summed E-state index contributed by atoms with van der Waals surface area (Å²) in [4.78, 5) is 36.6. The molecule has 1 aliphatic carbocycles. The van der Waals surface area contributed by atoms with Gasteiger partial charge in [0.2, 0.25) is 0 Å². The summed E-state index contributed by atoms with van der Waals surface area (Å²) < 4.78 is 28.1. The smallest absolute Gasteiger partial charge is 0.341 e. The molecule has 0 radical (unpaired) electrons. The predicted octanol–water partition coefficient (Wildman–Crippen LogP) is 2.00. The van der Waals surface area contributed by atoms with E-state index >= 15 is 0 Å². The van der Waals surface area contributed by atoms with Gasteiger partial charge in [-0.2, -0.15) is 0 Å². The molecule has 7 atom stereocenters. The molecule has 8 nitrogen and oxygen atoms in total. The zero-order chi connectivity index (χ0) is 21.8. The first-order valence-corrected chi connectivity index (χ1v) is 10.3. The number of carbonyl (C=O) groups excluding carboxylic acids is 3. The number of esters is 3. The van der Waals surface area contributed by atoms with Gasteiger partial charge in [0.15, 0.2) is 5.60 Å². The lowest BCUT2D eigenvalue weighted by atomic mass is 9.82. The van der Waals surface area contributed by atoms with E-state index < -0.39 is 47.2 Å². The number of allylic oxidation sites excluding steroid dienone is 1. The van der Waals surface area contributed by atoms with Gasteiger partial charge in [0, 0.05) is 18.9 Å². The molecule has 3 heterocycles. The van der Waals surface area contributed by atoms with E-state index in [0.29, 0.717) is 0 Å². The Kier molecular flexibility index (Phi) is 5.05. The number of ether oxygens (including phenoxy) is 5. The van der Waals surface area contributed by atoms with E-state index in [1.54, 1.807) is 13.8 Å². The second-order valence-electron chi connectivity index (χ2n) is 8.94. The van der Waals surface area contributed by atoms with E-state index in [1.165, 1.54) is 6.92 Å². The van der Waals surface area contributed by atoms with Crippen LogP contribution in [0, 0.1) is 5.92 Å². The van der Waals surface area contributed by atoms with Crippen LogP contribution >= 0.6 is 0 Å². The van der Waals surface area contributed by atoms with Crippen molar-refractivity contribution in [1.82, 2.24) is 0 Å². The topological polar surface area (TPSA) is 104 Å². The molecule has 164 valence electrons. The molecule has 0 aromatic heterocycles. The van der Waals surface area contributed by atoms with Crippen molar-refractivity contribution in [3.8, 4) is 0 Å². The van der Waals surface area contributed by atoms with Crippen LogP contribution in [0.4, 0.5) is 0 Å².